The van der Waals surface area contributed by atoms with Crippen LogP contribution in [-0.4, -0.2) is 14.2 Å². The Kier molecular flexibility index (Phi) is 4.23. The summed E-state index contributed by atoms with van der Waals surface area (Å²) in [5, 5.41) is 1.51. The summed E-state index contributed by atoms with van der Waals surface area (Å²) in [7, 11) is 3.36. The second-order valence-corrected chi connectivity index (χ2v) is 6.01. The van der Waals surface area contributed by atoms with Crippen molar-refractivity contribution >= 4 is 23.2 Å². The number of rotatable bonds is 4. The zero-order chi connectivity index (χ0) is 15.0. The summed E-state index contributed by atoms with van der Waals surface area (Å²) in [4.78, 5) is 0. The molecular formula is C17H16Cl2O2. The molecule has 0 fully saturated rings. The maximum Gasteiger partial charge on any atom is 0.0730 e. The maximum atomic E-state index is 6.54. The molecule has 0 aromatic heterocycles. The Bertz CT molecular complexity index is 696. The van der Waals surface area contributed by atoms with E-state index in [4.69, 9.17) is 32.7 Å². The highest BCUT2D eigenvalue weighted by atomic mass is 35.5. The zero-order valence-corrected chi connectivity index (χ0v) is 13.5. The number of hydrogen-bond acceptors (Lipinski definition) is 2. The van der Waals surface area contributed by atoms with Gasteiger partial charge in [0.15, 0.2) is 0 Å². The molecule has 21 heavy (non-hydrogen) atoms. The fraction of sp³-hybridized carbons (Fsp3) is 0.294. The van der Waals surface area contributed by atoms with Gasteiger partial charge in [0.05, 0.1) is 18.2 Å². The van der Waals surface area contributed by atoms with Crippen molar-refractivity contribution in [2.75, 3.05) is 14.2 Å². The lowest BCUT2D eigenvalue weighted by Crippen LogP contribution is -2.01. The molecule has 4 heteroatoms. The molecule has 0 bridgehead atoms. The second-order valence-electron chi connectivity index (χ2n) is 5.20. The smallest absolute Gasteiger partial charge is 0.0730 e. The van der Waals surface area contributed by atoms with Gasteiger partial charge in [0, 0.05) is 24.8 Å². The number of methoxy groups -OCH3 is 2. The molecule has 110 valence electrons. The van der Waals surface area contributed by atoms with Crippen molar-refractivity contribution < 1.29 is 9.47 Å². The normalized spacial score (nSPS) is 12.4. The summed E-state index contributed by atoms with van der Waals surface area (Å²) in [5.41, 5.74) is 6.95. The van der Waals surface area contributed by atoms with Crippen molar-refractivity contribution in [2.45, 2.75) is 19.6 Å². The molecule has 0 aliphatic heterocycles. The Morgan fingerprint density at radius 2 is 1.76 bits per heavy atom. The Morgan fingerprint density at radius 3 is 2.48 bits per heavy atom. The highest BCUT2D eigenvalue weighted by molar-refractivity contribution is 6.32. The first-order valence-electron chi connectivity index (χ1n) is 6.75. The highest BCUT2D eigenvalue weighted by Gasteiger charge is 2.25. The van der Waals surface area contributed by atoms with Crippen molar-refractivity contribution in [3.63, 3.8) is 0 Å². The Morgan fingerprint density at radius 1 is 1.00 bits per heavy atom. The van der Waals surface area contributed by atoms with Crippen LogP contribution in [0.4, 0.5) is 0 Å². The van der Waals surface area contributed by atoms with E-state index in [-0.39, 0.29) is 0 Å². The molecule has 0 spiro atoms. The summed E-state index contributed by atoms with van der Waals surface area (Å²) in [6.45, 7) is 0.992. The number of hydrogen-bond donors (Lipinski definition) is 0. The number of benzene rings is 2. The lowest BCUT2D eigenvalue weighted by atomic mass is 9.98. The fourth-order valence-corrected chi connectivity index (χ4v) is 3.45. The Hall–Kier alpha value is -1.06. The Labute approximate surface area is 134 Å². The lowest BCUT2D eigenvalue weighted by Gasteiger charge is -2.14. The van der Waals surface area contributed by atoms with Gasteiger partial charge >= 0.3 is 0 Å². The standard InChI is InChI=1S/C17H16Cl2O2/c1-20-8-11-7-14-13-4-3-12(18)5-10(13)6-15(14)16(9-21-2)17(11)19/h3-5,7H,6,8-9H2,1-2H3. The van der Waals surface area contributed by atoms with Crippen LogP contribution in [0.2, 0.25) is 10.0 Å². The molecule has 0 unspecified atom stereocenters. The van der Waals surface area contributed by atoms with Crippen LogP contribution in [0.1, 0.15) is 22.3 Å². The first-order valence-corrected chi connectivity index (χ1v) is 7.51. The van der Waals surface area contributed by atoms with Crippen molar-refractivity contribution in [1.82, 2.24) is 0 Å². The van der Waals surface area contributed by atoms with Gasteiger partial charge in [0.1, 0.15) is 0 Å². The van der Waals surface area contributed by atoms with E-state index in [0.29, 0.717) is 13.2 Å². The molecule has 0 saturated heterocycles. The van der Waals surface area contributed by atoms with Crippen LogP contribution in [-0.2, 0) is 29.1 Å². The van der Waals surface area contributed by atoms with E-state index in [0.717, 1.165) is 27.6 Å². The molecular weight excluding hydrogens is 307 g/mol. The van der Waals surface area contributed by atoms with Crippen LogP contribution >= 0.6 is 23.2 Å². The Balaban J connectivity index is 2.20. The van der Waals surface area contributed by atoms with Crippen LogP contribution in [0.3, 0.4) is 0 Å². The third-order valence-electron chi connectivity index (χ3n) is 3.87. The van der Waals surface area contributed by atoms with E-state index in [1.165, 1.54) is 22.3 Å². The first kappa shape index (κ1) is 14.9. The van der Waals surface area contributed by atoms with Crippen LogP contribution in [0, 0.1) is 0 Å². The summed E-state index contributed by atoms with van der Waals surface area (Å²) >= 11 is 12.6. The predicted molar refractivity (Wildman–Crippen MR) is 86.1 cm³/mol. The molecule has 2 nitrogen and oxygen atoms in total. The van der Waals surface area contributed by atoms with E-state index >= 15 is 0 Å². The minimum Gasteiger partial charge on any atom is -0.380 e. The average molecular weight is 323 g/mol. The van der Waals surface area contributed by atoms with Crippen LogP contribution in [0.15, 0.2) is 24.3 Å². The summed E-state index contributed by atoms with van der Waals surface area (Å²) < 4.78 is 10.6. The molecule has 0 radical (unpaired) electrons. The second kappa shape index (κ2) is 5.98. The fourth-order valence-electron chi connectivity index (χ4n) is 2.97. The van der Waals surface area contributed by atoms with Crippen molar-refractivity contribution in [1.29, 1.82) is 0 Å². The first-order chi connectivity index (χ1) is 10.2. The van der Waals surface area contributed by atoms with E-state index in [1.807, 2.05) is 12.1 Å². The van der Waals surface area contributed by atoms with Gasteiger partial charge in [-0.05, 0) is 52.4 Å². The van der Waals surface area contributed by atoms with Gasteiger partial charge in [-0.15, -0.1) is 0 Å². The number of halogens is 2. The van der Waals surface area contributed by atoms with Gasteiger partial charge in [-0.3, -0.25) is 0 Å². The van der Waals surface area contributed by atoms with Gasteiger partial charge in [-0.1, -0.05) is 29.3 Å². The molecule has 1 aliphatic carbocycles. The lowest BCUT2D eigenvalue weighted by molar-refractivity contribution is 0.180. The third kappa shape index (κ3) is 2.58. The van der Waals surface area contributed by atoms with Crippen molar-refractivity contribution in [3.05, 3.63) is 56.6 Å². The molecule has 2 aromatic rings. The van der Waals surface area contributed by atoms with E-state index in [1.54, 1.807) is 14.2 Å². The molecule has 0 N–H and O–H groups in total. The van der Waals surface area contributed by atoms with E-state index in [9.17, 15) is 0 Å². The van der Waals surface area contributed by atoms with Crippen LogP contribution in [0.5, 0.6) is 0 Å². The minimum atomic E-state index is 0.492. The molecule has 3 rings (SSSR count). The molecule has 2 aromatic carbocycles. The zero-order valence-electron chi connectivity index (χ0n) is 12.0. The van der Waals surface area contributed by atoms with E-state index < -0.39 is 0 Å². The third-order valence-corrected chi connectivity index (χ3v) is 4.57. The molecule has 0 saturated carbocycles. The van der Waals surface area contributed by atoms with Crippen molar-refractivity contribution in [2.24, 2.45) is 0 Å². The van der Waals surface area contributed by atoms with Gasteiger partial charge in [0.2, 0.25) is 0 Å². The van der Waals surface area contributed by atoms with Gasteiger partial charge in [-0.25, -0.2) is 0 Å². The minimum absolute atomic E-state index is 0.492. The monoisotopic (exact) mass is 322 g/mol. The molecule has 0 amide bonds. The van der Waals surface area contributed by atoms with Gasteiger partial charge < -0.3 is 9.47 Å². The van der Waals surface area contributed by atoms with Crippen LogP contribution < -0.4 is 0 Å². The molecule has 1 aliphatic rings. The summed E-state index contributed by atoms with van der Waals surface area (Å²) in [6, 6.07) is 8.15. The number of ether oxygens (including phenoxy) is 2. The number of fused-ring (bicyclic) bond motifs is 3. The molecule has 0 atom stereocenters. The summed E-state index contributed by atoms with van der Waals surface area (Å²) in [6.07, 6.45) is 0.844. The largest absolute Gasteiger partial charge is 0.380 e. The summed E-state index contributed by atoms with van der Waals surface area (Å²) in [5.74, 6) is 0. The van der Waals surface area contributed by atoms with Gasteiger partial charge in [-0.2, -0.15) is 0 Å². The maximum absolute atomic E-state index is 6.54. The van der Waals surface area contributed by atoms with Gasteiger partial charge in [0.25, 0.3) is 0 Å². The predicted octanol–water partition coefficient (Wildman–Crippen LogP) is 4.86. The quantitative estimate of drug-likeness (QED) is 0.683. The SMILES string of the molecule is COCc1cc2c(c(COC)c1Cl)Cc1cc(Cl)ccc1-2. The van der Waals surface area contributed by atoms with E-state index in [2.05, 4.69) is 12.1 Å². The topological polar surface area (TPSA) is 18.5 Å². The van der Waals surface area contributed by atoms with Crippen molar-refractivity contribution in [3.8, 4) is 11.1 Å². The van der Waals surface area contributed by atoms with Crippen LogP contribution in [0.25, 0.3) is 11.1 Å². The highest BCUT2D eigenvalue weighted by Crippen LogP contribution is 2.43. The average Bonchev–Trinajstić information content (AvgIpc) is 2.81. The molecule has 0 heterocycles.